The van der Waals surface area contributed by atoms with Gasteiger partial charge in [-0.15, -0.1) is 0 Å². The maximum Gasteiger partial charge on any atom is 0.233 e. The Bertz CT molecular complexity index is 724. The van der Waals surface area contributed by atoms with E-state index in [9.17, 15) is 9.59 Å². The van der Waals surface area contributed by atoms with Crippen LogP contribution < -0.4 is 4.74 Å². The van der Waals surface area contributed by atoms with Crippen molar-refractivity contribution in [1.82, 2.24) is 9.80 Å². The van der Waals surface area contributed by atoms with E-state index in [4.69, 9.17) is 4.74 Å². The van der Waals surface area contributed by atoms with Gasteiger partial charge in [-0.1, -0.05) is 25.0 Å². The molecule has 0 radical (unpaired) electrons. The molecule has 0 aromatic heterocycles. The van der Waals surface area contributed by atoms with Gasteiger partial charge in [-0.05, 0) is 49.8 Å². The van der Waals surface area contributed by atoms with Crippen LogP contribution in [0.3, 0.4) is 0 Å². The molecular weight excluding hydrogens is 340 g/mol. The average Bonchev–Trinajstić information content (AvgIpc) is 3.35. The molecule has 27 heavy (non-hydrogen) atoms. The van der Waals surface area contributed by atoms with Crippen LogP contribution in [0.4, 0.5) is 0 Å². The zero-order chi connectivity index (χ0) is 19.1. The Kier molecular flexibility index (Phi) is 4.65. The fourth-order valence-corrected chi connectivity index (χ4v) is 5.51. The SMILES string of the molecule is COc1ccc(C2(C(=O)N3CC[C@]4(CCCN(C)C4=O)C3)CCCC2)cc1. The van der Waals surface area contributed by atoms with Crippen molar-refractivity contribution in [2.45, 2.75) is 50.4 Å². The quantitative estimate of drug-likeness (QED) is 0.822. The molecule has 2 amide bonds. The molecule has 1 aromatic carbocycles. The second-order valence-corrected chi connectivity index (χ2v) is 8.61. The predicted octanol–water partition coefficient (Wildman–Crippen LogP) is 2.98. The van der Waals surface area contributed by atoms with Gasteiger partial charge in [0.25, 0.3) is 0 Å². The van der Waals surface area contributed by atoms with Crippen molar-refractivity contribution in [3.05, 3.63) is 29.8 Å². The van der Waals surface area contributed by atoms with Crippen molar-refractivity contribution < 1.29 is 14.3 Å². The number of piperidine rings is 1. The lowest BCUT2D eigenvalue weighted by atomic mass is 9.76. The number of hydrogen-bond acceptors (Lipinski definition) is 3. The molecule has 2 aliphatic heterocycles. The van der Waals surface area contributed by atoms with Crippen molar-refractivity contribution in [2.75, 3.05) is 33.8 Å². The van der Waals surface area contributed by atoms with Crippen molar-refractivity contribution in [3.8, 4) is 5.75 Å². The number of rotatable bonds is 3. The molecule has 1 saturated carbocycles. The molecule has 2 saturated heterocycles. The van der Waals surface area contributed by atoms with E-state index in [1.165, 1.54) is 0 Å². The molecule has 4 rings (SSSR count). The number of carbonyl (C=O) groups is 2. The summed E-state index contributed by atoms with van der Waals surface area (Å²) in [4.78, 5) is 30.4. The highest BCUT2D eigenvalue weighted by Crippen LogP contribution is 2.46. The molecule has 1 spiro atoms. The van der Waals surface area contributed by atoms with Gasteiger partial charge in [-0.2, -0.15) is 0 Å². The molecular formula is C22H30N2O3. The van der Waals surface area contributed by atoms with Gasteiger partial charge < -0.3 is 14.5 Å². The van der Waals surface area contributed by atoms with E-state index in [1.807, 2.05) is 41.1 Å². The number of nitrogens with zero attached hydrogens (tertiary/aromatic N) is 2. The van der Waals surface area contributed by atoms with Crippen molar-refractivity contribution in [2.24, 2.45) is 5.41 Å². The Labute approximate surface area is 161 Å². The third-order valence-corrected chi connectivity index (χ3v) is 7.10. The van der Waals surface area contributed by atoms with Gasteiger partial charge in [0.2, 0.25) is 11.8 Å². The molecule has 1 aromatic rings. The van der Waals surface area contributed by atoms with Gasteiger partial charge in [0.05, 0.1) is 17.9 Å². The number of methoxy groups -OCH3 is 1. The van der Waals surface area contributed by atoms with E-state index in [0.29, 0.717) is 13.1 Å². The van der Waals surface area contributed by atoms with Crippen LogP contribution in [0.15, 0.2) is 24.3 Å². The van der Waals surface area contributed by atoms with E-state index in [-0.39, 0.29) is 17.2 Å². The Morgan fingerprint density at radius 3 is 2.37 bits per heavy atom. The van der Waals surface area contributed by atoms with Crippen molar-refractivity contribution >= 4 is 11.8 Å². The fraction of sp³-hybridized carbons (Fsp3) is 0.636. The van der Waals surface area contributed by atoms with E-state index in [2.05, 4.69) is 0 Å². The number of benzene rings is 1. The Morgan fingerprint density at radius 1 is 1.00 bits per heavy atom. The van der Waals surface area contributed by atoms with Gasteiger partial charge in [0.15, 0.2) is 0 Å². The van der Waals surface area contributed by atoms with E-state index in [0.717, 1.165) is 62.8 Å². The molecule has 0 bridgehead atoms. The minimum atomic E-state index is -0.429. The maximum atomic E-state index is 13.7. The summed E-state index contributed by atoms with van der Waals surface area (Å²) in [5.74, 6) is 1.27. The highest BCUT2D eigenvalue weighted by atomic mass is 16.5. The molecule has 0 N–H and O–H groups in total. The van der Waals surface area contributed by atoms with Gasteiger partial charge in [0, 0.05) is 26.7 Å². The first kappa shape index (κ1) is 18.3. The molecule has 1 aliphatic carbocycles. The smallest absolute Gasteiger partial charge is 0.233 e. The Hall–Kier alpha value is -2.04. The zero-order valence-corrected chi connectivity index (χ0v) is 16.5. The van der Waals surface area contributed by atoms with Crippen LogP contribution in [0.25, 0.3) is 0 Å². The second-order valence-electron chi connectivity index (χ2n) is 8.61. The first-order chi connectivity index (χ1) is 13.0. The van der Waals surface area contributed by atoms with Crippen molar-refractivity contribution in [3.63, 3.8) is 0 Å². The Balaban J connectivity index is 1.59. The fourth-order valence-electron chi connectivity index (χ4n) is 5.51. The van der Waals surface area contributed by atoms with Gasteiger partial charge >= 0.3 is 0 Å². The summed E-state index contributed by atoms with van der Waals surface area (Å²) in [6.07, 6.45) is 6.71. The normalized spacial score (nSPS) is 27.4. The molecule has 0 unspecified atom stereocenters. The zero-order valence-electron chi connectivity index (χ0n) is 16.5. The topological polar surface area (TPSA) is 49.9 Å². The van der Waals surface area contributed by atoms with Gasteiger partial charge in [-0.25, -0.2) is 0 Å². The molecule has 5 heteroatoms. The highest BCUT2D eigenvalue weighted by molar-refractivity contribution is 5.91. The average molecular weight is 370 g/mol. The predicted molar refractivity (Wildman–Crippen MR) is 104 cm³/mol. The summed E-state index contributed by atoms with van der Waals surface area (Å²) in [6.45, 7) is 2.13. The number of likely N-dealkylation sites (tertiary alicyclic amines) is 2. The van der Waals surface area contributed by atoms with Gasteiger partial charge in [0.1, 0.15) is 5.75 Å². The lowest BCUT2D eigenvalue weighted by Gasteiger charge is -2.38. The molecule has 3 fully saturated rings. The standard InChI is InChI=1S/C22H30N2O3/c1-23-14-5-10-21(19(23)25)13-15-24(16-21)20(26)22(11-3-4-12-22)17-6-8-18(27-2)9-7-17/h6-9H,3-5,10-16H2,1-2H3/t21-/m1/s1. The Morgan fingerprint density at radius 2 is 1.70 bits per heavy atom. The summed E-state index contributed by atoms with van der Waals surface area (Å²) in [5, 5.41) is 0. The van der Waals surface area contributed by atoms with Crippen LogP contribution in [0.5, 0.6) is 5.75 Å². The number of carbonyl (C=O) groups excluding carboxylic acids is 2. The summed E-state index contributed by atoms with van der Waals surface area (Å²) < 4.78 is 5.28. The summed E-state index contributed by atoms with van der Waals surface area (Å²) in [6, 6.07) is 8.00. The highest BCUT2D eigenvalue weighted by Gasteiger charge is 2.52. The monoisotopic (exact) mass is 370 g/mol. The first-order valence-corrected chi connectivity index (χ1v) is 10.2. The summed E-state index contributed by atoms with van der Waals surface area (Å²) >= 11 is 0. The van der Waals surface area contributed by atoms with E-state index in [1.54, 1.807) is 7.11 Å². The first-order valence-electron chi connectivity index (χ1n) is 10.2. The van der Waals surface area contributed by atoms with Gasteiger partial charge in [-0.3, -0.25) is 9.59 Å². The molecule has 5 nitrogen and oxygen atoms in total. The third-order valence-electron chi connectivity index (χ3n) is 7.10. The van der Waals surface area contributed by atoms with Crippen LogP contribution in [-0.4, -0.2) is 55.4 Å². The summed E-state index contributed by atoms with van der Waals surface area (Å²) in [5.41, 5.74) is 0.322. The molecule has 3 aliphatic rings. The second kappa shape index (κ2) is 6.84. The van der Waals surface area contributed by atoms with Crippen molar-refractivity contribution in [1.29, 1.82) is 0 Å². The molecule has 2 heterocycles. The molecule has 146 valence electrons. The largest absolute Gasteiger partial charge is 0.497 e. The van der Waals surface area contributed by atoms with Crippen LogP contribution >= 0.6 is 0 Å². The minimum absolute atomic E-state index is 0.225. The maximum absolute atomic E-state index is 13.7. The van der Waals surface area contributed by atoms with Crippen LogP contribution in [-0.2, 0) is 15.0 Å². The van der Waals surface area contributed by atoms with Crippen LogP contribution in [0.1, 0.15) is 50.5 Å². The van der Waals surface area contributed by atoms with E-state index < -0.39 is 5.41 Å². The van der Waals surface area contributed by atoms with Crippen LogP contribution in [0.2, 0.25) is 0 Å². The summed E-state index contributed by atoms with van der Waals surface area (Å²) in [7, 11) is 3.55. The van der Waals surface area contributed by atoms with E-state index >= 15 is 0 Å². The lowest BCUT2D eigenvalue weighted by molar-refractivity contribution is -0.145. The van der Waals surface area contributed by atoms with Crippen LogP contribution in [0, 0.1) is 5.41 Å². The lowest BCUT2D eigenvalue weighted by Crippen LogP contribution is -2.50. The number of amides is 2. The number of ether oxygens (including phenoxy) is 1. The third kappa shape index (κ3) is 2.91. The molecule has 1 atom stereocenters. The number of hydrogen-bond donors (Lipinski definition) is 0. The minimum Gasteiger partial charge on any atom is -0.497 e.